The van der Waals surface area contributed by atoms with Gasteiger partial charge >= 0.3 is 0 Å². The van der Waals surface area contributed by atoms with Gasteiger partial charge in [0.05, 0.1) is 19.7 Å². The monoisotopic (exact) mass is 418 g/mol. The predicted molar refractivity (Wildman–Crippen MR) is 111 cm³/mol. The minimum atomic E-state index is -0.304. The first-order chi connectivity index (χ1) is 14.1. The van der Waals surface area contributed by atoms with Gasteiger partial charge < -0.3 is 14.5 Å². The lowest BCUT2D eigenvalue weighted by molar-refractivity contribution is -0.145. The van der Waals surface area contributed by atoms with E-state index in [9.17, 15) is 14.0 Å². The summed E-state index contributed by atoms with van der Waals surface area (Å²) < 4.78 is 18.4. The minimum Gasteiger partial charge on any atom is -0.383 e. The summed E-state index contributed by atoms with van der Waals surface area (Å²) in [6, 6.07) is 10.1. The quantitative estimate of drug-likeness (QED) is 0.591. The van der Waals surface area contributed by atoms with Gasteiger partial charge in [0.1, 0.15) is 5.82 Å². The van der Waals surface area contributed by atoms with E-state index in [1.807, 2.05) is 17.5 Å². The summed E-state index contributed by atoms with van der Waals surface area (Å²) in [5.74, 6) is -0.352. The van der Waals surface area contributed by atoms with Gasteiger partial charge in [-0.2, -0.15) is 0 Å². The number of carbonyl (C=O) groups excluding carboxylic acids is 2. The average molecular weight is 419 g/mol. The van der Waals surface area contributed by atoms with Gasteiger partial charge in [0.2, 0.25) is 11.8 Å². The summed E-state index contributed by atoms with van der Waals surface area (Å²) in [6.45, 7) is 1.66. The Morgan fingerprint density at radius 2 is 1.90 bits per heavy atom. The number of hydrogen-bond donors (Lipinski definition) is 0. The van der Waals surface area contributed by atoms with Crippen LogP contribution in [0.1, 0.15) is 29.7 Å². The first-order valence-electron chi connectivity index (χ1n) is 9.89. The lowest BCUT2D eigenvalue weighted by atomic mass is 9.84. The standard InChI is InChI=1S/C22H27FN2O3S/c1-28-12-11-24(22(27)18-4-2-5-18)16-21(26)25(15-20-6-3-13-29-20)14-17-7-9-19(23)10-8-17/h3,6-10,13,18H,2,4-5,11-12,14-16H2,1H3. The van der Waals surface area contributed by atoms with Crippen LogP contribution in [0.4, 0.5) is 4.39 Å². The maximum Gasteiger partial charge on any atom is 0.242 e. The Bertz CT molecular complexity index is 791. The molecule has 7 heteroatoms. The van der Waals surface area contributed by atoms with Gasteiger partial charge in [-0.25, -0.2) is 4.39 Å². The van der Waals surface area contributed by atoms with Crippen molar-refractivity contribution in [1.82, 2.24) is 9.80 Å². The number of rotatable bonds is 10. The van der Waals surface area contributed by atoms with E-state index in [-0.39, 0.29) is 30.1 Å². The zero-order valence-electron chi connectivity index (χ0n) is 16.7. The first kappa shape index (κ1) is 21.5. The van der Waals surface area contributed by atoms with Crippen molar-refractivity contribution in [2.45, 2.75) is 32.4 Å². The number of carbonyl (C=O) groups is 2. The van der Waals surface area contributed by atoms with E-state index in [1.54, 1.807) is 40.4 Å². The SMILES string of the molecule is COCCN(CC(=O)N(Cc1ccc(F)cc1)Cc1cccs1)C(=O)C1CCC1. The molecule has 0 atom stereocenters. The number of ether oxygens (including phenoxy) is 1. The Morgan fingerprint density at radius 3 is 2.48 bits per heavy atom. The van der Waals surface area contributed by atoms with Gasteiger partial charge in [-0.15, -0.1) is 11.3 Å². The predicted octanol–water partition coefficient (Wildman–Crippen LogP) is 3.69. The summed E-state index contributed by atoms with van der Waals surface area (Å²) in [7, 11) is 1.59. The molecule has 0 bridgehead atoms. The van der Waals surface area contributed by atoms with Crippen LogP contribution in [0.25, 0.3) is 0 Å². The van der Waals surface area contributed by atoms with E-state index in [2.05, 4.69) is 0 Å². The fourth-order valence-electron chi connectivity index (χ4n) is 3.28. The van der Waals surface area contributed by atoms with Crippen molar-refractivity contribution in [2.75, 3.05) is 26.8 Å². The first-order valence-corrected chi connectivity index (χ1v) is 10.8. The Morgan fingerprint density at radius 1 is 1.14 bits per heavy atom. The molecule has 0 radical (unpaired) electrons. The smallest absolute Gasteiger partial charge is 0.242 e. The molecule has 1 aliphatic carbocycles. The Kier molecular flexibility index (Phi) is 7.77. The van der Waals surface area contributed by atoms with Crippen molar-refractivity contribution in [3.05, 3.63) is 58.0 Å². The van der Waals surface area contributed by atoms with Gasteiger partial charge in [0.15, 0.2) is 0 Å². The van der Waals surface area contributed by atoms with Crippen LogP contribution < -0.4 is 0 Å². The fourth-order valence-corrected chi connectivity index (χ4v) is 4.00. The molecule has 1 aromatic carbocycles. The van der Waals surface area contributed by atoms with Crippen LogP contribution in [0.2, 0.25) is 0 Å². The molecule has 29 heavy (non-hydrogen) atoms. The highest BCUT2D eigenvalue weighted by molar-refractivity contribution is 7.09. The molecule has 0 N–H and O–H groups in total. The third-order valence-electron chi connectivity index (χ3n) is 5.22. The summed E-state index contributed by atoms with van der Waals surface area (Å²) in [4.78, 5) is 30.4. The molecule has 1 saturated carbocycles. The zero-order valence-corrected chi connectivity index (χ0v) is 17.5. The average Bonchev–Trinajstić information content (AvgIpc) is 3.17. The molecule has 2 aromatic rings. The van der Waals surface area contributed by atoms with Crippen LogP contribution in [-0.2, 0) is 27.4 Å². The second-order valence-corrected chi connectivity index (χ2v) is 8.37. The number of methoxy groups -OCH3 is 1. The maximum absolute atomic E-state index is 13.2. The largest absolute Gasteiger partial charge is 0.383 e. The number of hydrogen-bond acceptors (Lipinski definition) is 4. The third kappa shape index (κ3) is 6.11. The van der Waals surface area contributed by atoms with Crippen molar-refractivity contribution < 1.29 is 18.7 Å². The Labute approximate surface area is 175 Å². The molecule has 1 aromatic heterocycles. The van der Waals surface area contributed by atoms with Crippen LogP contribution in [0.5, 0.6) is 0 Å². The van der Waals surface area contributed by atoms with Gasteiger partial charge in [0, 0.05) is 31.0 Å². The zero-order chi connectivity index (χ0) is 20.6. The normalized spacial score (nSPS) is 13.7. The van der Waals surface area contributed by atoms with Gasteiger partial charge in [-0.3, -0.25) is 9.59 Å². The molecule has 0 unspecified atom stereocenters. The van der Waals surface area contributed by atoms with E-state index in [4.69, 9.17) is 4.74 Å². The highest BCUT2D eigenvalue weighted by atomic mass is 32.1. The molecule has 0 aliphatic heterocycles. The molecular formula is C22H27FN2O3S. The number of nitrogens with zero attached hydrogens (tertiary/aromatic N) is 2. The maximum atomic E-state index is 13.2. The molecular weight excluding hydrogens is 391 g/mol. The second kappa shape index (κ2) is 10.5. The summed E-state index contributed by atoms with van der Waals surface area (Å²) >= 11 is 1.58. The van der Waals surface area contributed by atoms with E-state index in [0.717, 1.165) is 29.7 Å². The van der Waals surface area contributed by atoms with E-state index >= 15 is 0 Å². The van der Waals surface area contributed by atoms with Crippen molar-refractivity contribution in [3.8, 4) is 0 Å². The van der Waals surface area contributed by atoms with Gasteiger partial charge in [-0.1, -0.05) is 24.6 Å². The molecule has 0 saturated heterocycles. The van der Waals surface area contributed by atoms with E-state index in [0.29, 0.717) is 26.2 Å². The lowest BCUT2D eigenvalue weighted by Crippen LogP contribution is -2.46. The van der Waals surface area contributed by atoms with Crippen LogP contribution in [0.15, 0.2) is 41.8 Å². The minimum absolute atomic E-state index is 0.0301. The molecule has 0 spiro atoms. The van der Waals surface area contributed by atoms with Crippen LogP contribution >= 0.6 is 11.3 Å². The van der Waals surface area contributed by atoms with E-state index < -0.39 is 0 Å². The molecule has 3 rings (SSSR count). The topological polar surface area (TPSA) is 49.9 Å². The van der Waals surface area contributed by atoms with Crippen molar-refractivity contribution >= 4 is 23.2 Å². The molecule has 5 nitrogen and oxygen atoms in total. The summed E-state index contributed by atoms with van der Waals surface area (Å²) in [5, 5.41) is 1.97. The fraction of sp³-hybridized carbons (Fsp3) is 0.455. The third-order valence-corrected chi connectivity index (χ3v) is 6.08. The molecule has 2 amide bonds. The Hall–Kier alpha value is -2.25. The van der Waals surface area contributed by atoms with Gasteiger partial charge in [0.25, 0.3) is 0 Å². The number of amides is 2. The lowest BCUT2D eigenvalue weighted by Gasteiger charge is -2.33. The van der Waals surface area contributed by atoms with Crippen molar-refractivity contribution in [3.63, 3.8) is 0 Å². The van der Waals surface area contributed by atoms with Crippen LogP contribution in [0, 0.1) is 11.7 Å². The molecule has 1 aliphatic rings. The van der Waals surface area contributed by atoms with Crippen molar-refractivity contribution in [1.29, 1.82) is 0 Å². The summed E-state index contributed by atoms with van der Waals surface area (Å²) in [6.07, 6.45) is 2.85. The highest BCUT2D eigenvalue weighted by Crippen LogP contribution is 2.28. The molecule has 156 valence electrons. The van der Waals surface area contributed by atoms with Crippen molar-refractivity contribution in [2.24, 2.45) is 5.92 Å². The number of benzene rings is 1. The summed E-state index contributed by atoms with van der Waals surface area (Å²) in [5.41, 5.74) is 0.852. The van der Waals surface area contributed by atoms with Crippen LogP contribution in [0.3, 0.4) is 0 Å². The second-order valence-electron chi connectivity index (χ2n) is 7.34. The molecule has 1 heterocycles. The highest BCUT2D eigenvalue weighted by Gasteiger charge is 2.31. The van der Waals surface area contributed by atoms with Gasteiger partial charge in [-0.05, 0) is 42.0 Å². The number of halogens is 1. The molecule has 1 fully saturated rings. The Balaban J connectivity index is 1.72. The number of thiophene rings is 1. The van der Waals surface area contributed by atoms with E-state index in [1.165, 1.54) is 12.1 Å². The van der Waals surface area contributed by atoms with Crippen LogP contribution in [-0.4, -0.2) is 48.4 Å².